The molecule has 5 rings (SSSR count). The molecule has 0 unspecified atom stereocenters. The van der Waals surface area contributed by atoms with Crippen LogP contribution >= 0.6 is 0 Å². The number of amides is 2. The number of anilines is 1. The van der Waals surface area contributed by atoms with Gasteiger partial charge in [-0.3, -0.25) is 0 Å². The fourth-order valence-electron chi connectivity index (χ4n) is 4.68. The Labute approximate surface area is 191 Å². The molecule has 1 aromatic heterocycles. The van der Waals surface area contributed by atoms with Gasteiger partial charge in [0.2, 0.25) is 0 Å². The summed E-state index contributed by atoms with van der Waals surface area (Å²) in [5, 5.41) is 3.71. The molecular weight excluding hydrogens is 443 g/mol. The second-order valence-corrected chi connectivity index (χ2v) is 9.84. The largest absolute Gasteiger partial charge is 0.333 e. The van der Waals surface area contributed by atoms with Crippen LogP contribution in [0.1, 0.15) is 40.9 Å². The smallest absolute Gasteiger partial charge is 0.307 e. The Hall–Kier alpha value is -3.46. The molecule has 2 aromatic carbocycles. The van der Waals surface area contributed by atoms with E-state index in [0.29, 0.717) is 11.5 Å². The maximum absolute atomic E-state index is 13.2. The van der Waals surface area contributed by atoms with Crippen LogP contribution in [-0.4, -0.2) is 24.0 Å². The first-order chi connectivity index (χ1) is 15.9. The van der Waals surface area contributed by atoms with Crippen LogP contribution in [0.25, 0.3) is 11.8 Å². The predicted octanol–water partition coefficient (Wildman–Crippen LogP) is 4.11. The number of imidazole rings is 1. The number of hydrogen-bond donors (Lipinski definition) is 2. The van der Waals surface area contributed by atoms with E-state index in [-0.39, 0.29) is 5.82 Å². The monoisotopic (exact) mass is 466 g/mol. The molecule has 0 fully saturated rings. The second-order valence-electron chi connectivity index (χ2n) is 8.27. The molecule has 7 nitrogen and oxygen atoms in total. The van der Waals surface area contributed by atoms with Gasteiger partial charge in [0.15, 0.2) is 0 Å². The van der Waals surface area contributed by atoms with Crippen molar-refractivity contribution < 1.29 is 17.6 Å². The number of carbonyl (C=O) groups excluding carboxylic acids is 1. The molecule has 170 valence electrons. The Morgan fingerprint density at radius 1 is 1.03 bits per heavy atom. The topological polar surface area (TPSA) is 93.1 Å². The molecule has 0 aliphatic heterocycles. The van der Waals surface area contributed by atoms with Gasteiger partial charge in [-0.25, -0.2) is 27.3 Å². The van der Waals surface area contributed by atoms with Crippen molar-refractivity contribution in [3.63, 3.8) is 0 Å². The average molecular weight is 467 g/mol. The van der Waals surface area contributed by atoms with Crippen LogP contribution in [0.5, 0.6) is 0 Å². The highest BCUT2D eigenvalue weighted by Crippen LogP contribution is 2.38. The quantitative estimate of drug-likeness (QED) is 0.592. The Morgan fingerprint density at radius 3 is 2.36 bits per heavy atom. The first-order valence-electron chi connectivity index (χ1n) is 10.9. The highest BCUT2D eigenvalue weighted by Gasteiger charge is 2.25. The molecule has 1 heterocycles. The van der Waals surface area contributed by atoms with Crippen molar-refractivity contribution in [3.8, 4) is 5.69 Å². The third-order valence-electron chi connectivity index (χ3n) is 6.12. The molecule has 0 saturated heterocycles. The minimum Gasteiger partial charge on any atom is -0.307 e. The van der Waals surface area contributed by atoms with Gasteiger partial charge in [-0.1, -0.05) is 6.07 Å². The number of hydrogen-bond acceptors (Lipinski definition) is 4. The third kappa shape index (κ3) is 4.41. The van der Waals surface area contributed by atoms with Crippen LogP contribution in [0.2, 0.25) is 0 Å². The first-order valence-corrected chi connectivity index (χ1v) is 12.4. The molecule has 2 aliphatic carbocycles. The van der Waals surface area contributed by atoms with Gasteiger partial charge >= 0.3 is 6.03 Å². The molecule has 2 N–H and O–H groups in total. The number of aryl methyl sites for hydroxylation is 2. The minimum absolute atomic E-state index is 0.325. The standard InChI is InChI=1S/C24H23FN4O3S/c25-18-7-9-19(10-8-18)29-13-12-26-22(29)11-14-33(31,32)28-24(30)27-23-20-5-1-3-16(20)15-17-4-2-6-21(17)23/h7-15H,1-6H2,(H2,27,28,30)/b14-11+. The number of fused-ring (bicyclic) bond motifs is 2. The Morgan fingerprint density at radius 2 is 1.70 bits per heavy atom. The number of sulfonamides is 1. The lowest BCUT2D eigenvalue weighted by Crippen LogP contribution is -2.33. The number of carbonyl (C=O) groups is 1. The summed E-state index contributed by atoms with van der Waals surface area (Å²) in [7, 11) is -4.07. The number of urea groups is 1. The lowest BCUT2D eigenvalue weighted by molar-refractivity contribution is 0.256. The third-order valence-corrected chi connectivity index (χ3v) is 7.08. The first kappa shape index (κ1) is 21.4. The van der Waals surface area contributed by atoms with Crippen LogP contribution in [-0.2, 0) is 35.7 Å². The number of aromatic nitrogens is 2. The summed E-state index contributed by atoms with van der Waals surface area (Å²) >= 11 is 0. The molecular formula is C24H23FN4O3S. The van der Waals surface area contributed by atoms with Crippen molar-refractivity contribution in [1.29, 1.82) is 0 Å². The fourth-order valence-corrected chi connectivity index (χ4v) is 5.36. The SMILES string of the molecule is O=C(Nc1c2c(cc3c1CCC3)CCC2)NS(=O)(=O)/C=C/c1nccn1-c1ccc(F)cc1. The van der Waals surface area contributed by atoms with E-state index in [1.165, 1.54) is 35.5 Å². The number of nitrogens with zero attached hydrogens (tertiary/aromatic N) is 2. The summed E-state index contributed by atoms with van der Waals surface area (Å²) < 4.78 is 42.0. The number of rotatable bonds is 5. The zero-order chi connectivity index (χ0) is 23.0. The van der Waals surface area contributed by atoms with E-state index in [0.717, 1.165) is 60.7 Å². The zero-order valence-corrected chi connectivity index (χ0v) is 18.7. The van der Waals surface area contributed by atoms with Gasteiger partial charge in [-0.05, 0) is 91.1 Å². The summed E-state index contributed by atoms with van der Waals surface area (Å²) in [6.07, 6.45) is 10.3. The summed E-state index contributed by atoms with van der Waals surface area (Å²) in [4.78, 5) is 16.8. The van der Waals surface area contributed by atoms with Crippen molar-refractivity contribution >= 4 is 27.8 Å². The average Bonchev–Trinajstić information content (AvgIpc) is 3.53. The van der Waals surface area contributed by atoms with Crippen molar-refractivity contribution in [2.75, 3.05) is 5.32 Å². The maximum atomic E-state index is 13.2. The molecule has 0 spiro atoms. The predicted molar refractivity (Wildman–Crippen MR) is 124 cm³/mol. The van der Waals surface area contributed by atoms with Crippen LogP contribution in [0, 0.1) is 5.82 Å². The van der Waals surface area contributed by atoms with E-state index in [1.807, 2.05) is 0 Å². The molecule has 0 atom stereocenters. The van der Waals surface area contributed by atoms with Crippen molar-refractivity contribution in [1.82, 2.24) is 14.3 Å². The van der Waals surface area contributed by atoms with Crippen LogP contribution in [0.4, 0.5) is 14.9 Å². The lowest BCUT2D eigenvalue weighted by atomic mass is 9.99. The van der Waals surface area contributed by atoms with Gasteiger partial charge in [0.05, 0.1) is 5.41 Å². The summed E-state index contributed by atoms with van der Waals surface area (Å²) in [5.74, 6) is -0.0467. The molecule has 9 heteroatoms. The minimum atomic E-state index is -4.07. The molecule has 0 bridgehead atoms. The Kier molecular flexibility index (Phi) is 5.49. The van der Waals surface area contributed by atoms with E-state index in [2.05, 4.69) is 21.1 Å². The fraction of sp³-hybridized carbons (Fsp3) is 0.250. The van der Waals surface area contributed by atoms with Gasteiger partial charge in [-0.15, -0.1) is 0 Å². The molecule has 33 heavy (non-hydrogen) atoms. The van der Waals surface area contributed by atoms with Gasteiger partial charge in [-0.2, -0.15) is 0 Å². The number of nitrogens with one attached hydrogen (secondary N) is 2. The van der Waals surface area contributed by atoms with E-state index in [9.17, 15) is 17.6 Å². The lowest BCUT2D eigenvalue weighted by Gasteiger charge is -2.16. The molecule has 2 amide bonds. The van der Waals surface area contributed by atoms with Crippen LogP contribution in [0.15, 0.2) is 48.1 Å². The van der Waals surface area contributed by atoms with Crippen LogP contribution in [0.3, 0.4) is 0 Å². The number of halogens is 1. The van der Waals surface area contributed by atoms with Gasteiger partial charge < -0.3 is 9.88 Å². The molecule has 3 aromatic rings. The van der Waals surface area contributed by atoms with Gasteiger partial charge in [0.25, 0.3) is 10.0 Å². The van der Waals surface area contributed by atoms with Crippen LogP contribution < -0.4 is 10.0 Å². The summed E-state index contributed by atoms with van der Waals surface area (Å²) in [5.41, 5.74) is 6.16. The van der Waals surface area contributed by atoms with Crippen molar-refractivity contribution in [2.45, 2.75) is 38.5 Å². The highest BCUT2D eigenvalue weighted by atomic mass is 32.2. The van der Waals surface area contributed by atoms with Crippen molar-refractivity contribution in [3.05, 3.63) is 82.0 Å². The normalized spacial score (nSPS) is 14.9. The Bertz CT molecular complexity index is 1330. The van der Waals surface area contributed by atoms with E-state index in [1.54, 1.807) is 22.9 Å². The van der Waals surface area contributed by atoms with E-state index in [4.69, 9.17) is 0 Å². The summed E-state index contributed by atoms with van der Waals surface area (Å²) in [6, 6.07) is 7.20. The summed E-state index contributed by atoms with van der Waals surface area (Å²) in [6.45, 7) is 0. The van der Waals surface area contributed by atoms with E-state index >= 15 is 0 Å². The second kappa shape index (κ2) is 8.47. The molecule has 2 aliphatic rings. The zero-order valence-electron chi connectivity index (χ0n) is 17.8. The van der Waals surface area contributed by atoms with E-state index < -0.39 is 16.1 Å². The van der Waals surface area contributed by atoms with Crippen molar-refractivity contribution in [2.24, 2.45) is 0 Å². The highest BCUT2D eigenvalue weighted by molar-refractivity contribution is 7.93. The van der Waals surface area contributed by atoms with Gasteiger partial charge in [0.1, 0.15) is 11.6 Å². The van der Waals surface area contributed by atoms with Gasteiger partial charge in [0, 0.05) is 23.8 Å². The maximum Gasteiger partial charge on any atom is 0.333 e. The Balaban J connectivity index is 1.32. The number of benzene rings is 2. The molecule has 0 saturated carbocycles. The molecule has 0 radical (unpaired) electrons.